The molecule has 4 heteroatoms. The highest BCUT2D eigenvalue weighted by Crippen LogP contribution is 2.11. The van der Waals surface area contributed by atoms with Gasteiger partial charge in [0.05, 0.1) is 0 Å². The van der Waals surface area contributed by atoms with Crippen molar-refractivity contribution >= 4 is 0 Å². The summed E-state index contributed by atoms with van der Waals surface area (Å²) in [7, 11) is 4.15. The van der Waals surface area contributed by atoms with Crippen LogP contribution in [0.5, 0.6) is 0 Å². The molecule has 122 valence electrons. The number of imidazole rings is 2. The van der Waals surface area contributed by atoms with E-state index in [1.807, 2.05) is 24.8 Å². The first kappa shape index (κ1) is 16.8. The Morgan fingerprint density at radius 2 is 1.00 bits per heavy atom. The van der Waals surface area contributed by atoms with Crippen LogP contribution in [0.3, 0.4) is 0 Å². The van der Waals surface area contributed by atoms with Crippen LogP contribution in [-0.4, -0.2) is 19.1 Å². The lowest BCUT2D eigenvalue weighted by atomic mass is 10.1. The van der Waals surface area contributed by atoms with Gasteiger partial charge in [-0.2, -0.15) is 0 Å². The zero-order valence-corrected chi connectivity index (χ0v) is 14.2. The summed E-state index contributed by atoms with van der Waals surface area (Å²) in [5.74, 6) is 2.43. The van der Waals surface area contributed by atoms with Gasteiger partial charge in [0.2, 0.25) is 0 Å². The Balaban J connectivity index is 1.39. The third kappa shape index (κ3) is 5.66. The standard InChI is InChI=1S/C18H30N4/c1-21-15-13-19-17(21)11-9-7-5-3-4-6-8-10-12-18-20-14-16-22(18)2/h13-16H,3-12H2,1-2H3. The first-order valence-corrected chi connectivity index (χ1v) is 8.70. The fourth-order valence-corrected chi connectivity index (χ4v) is 2.90. The summed E-state index contributed by atoms with van der Waals surface area (Å²) in [5.41, 5.74) is 0. The lowest BCUT2D eigenvalue weighted by Gasteiger charge is -2.04. The van der Waals surface area contributed by atoms with E-state index in [4.69, 9.17) is 0 Å². The van der Waals surface area contributed by atoms with Crippen molar-refractivity contribution in [3.63, 3.8) is 0 Å². The molecule has 4 nitrogen and oxygen atoms in total. The first-order chi connectivity index (χ1) is 10.8. The maximum absolute atomic E-state index is 4.37. The van der Waals surface area contributed by atoms with Gasteiger partial charge in [-0.1, -0.05) is 38.5 Å². The Hall–Kier alpha value is -1.58. The fraction of sp³-hybridized carbons (Fsp3) is 0.667. The molecule has 0 N–H and O–H groups in total. The highest BCUT2D eigenvalue weighted by Gasteiger charge is 2.00. The summed E-state index contributed by atoms with van der Waals surface area (Å²) in [5, 5.41) is 0. The van der Waals surface area contributed by atoms with Crippen LogP contribution >= 0.6 is 0 Å². The molecule has 2 aromatic rings. The number of nitrogens with zero attached hydrogens (tertiary/aromatic N) is 4. The molecule has 0 unspecified atom stereocenters. The molecule has 0 aliphatic rings. The van der Waals surface area contributed by atoms with Crippen LogP contribution in [-0.2, 0) is 26.9 Å². The van der Waals surface area contributed by atoms with Gasteiger partial charge >= 0.3 is 0 Å². The van der Waals surface area contributed by atoms with Crippen LogP contribution < -0.4 is 0 Å². The molecule has 2 heterocycles. The van der Waals surface area contributed by atoms with Gasteiger partial charge in [-0.05, 0) is 12.8 Å². The third-order valence-electron chi connectivity index (χ3n) is 4.39. The molecule has 0 radical (unpaired) electrons. The quantitative estimate of drug-likeness (QED) is 0.587. The summed E-state index contributed by atoms with van der Waals surface area (Å²) in [6, 6.07) is 0. The minimum Gasteiger partial charge on any atom is -0.338 e. The Labute approximate surface area is 134 Å². The predicted octanol–water partition coefficient (Wildman–Crippen LogP) is 4.06. The highest BCUT2D eigenvalue weighted by atomic mass is 15.0. The molecule has 0 aliphatic carbocycles. The van der Waals surface area contributed by atoms with Crippen LogP contribution in [0.1, 0.15) is 63.0 Å². The molecular weight excluding hydrogens is 272 g/mol. The van der Waals surface area contributed by atoms with E-state index < -0.39 is 0 Å². The minimum atomic E-state index is 1.12. The molecule has 0 atom stereocenters. The maximum Gasteiger partial charge on any atom is 0.108 e. The van der Waals surface area contributed by atoms with Crippen molar-refractivity contribution < 1.29 is 0 Å². The van der Waals surface area contributed by atoms with Gasteiger partial charge in [0.1, 0.15) is 11.6 Å². The molecule has 0 spiro atoms. The molecule has 2 rings (SSSR count). The topological polar surface area (TPSA) is 35.6 Å². The number of unbranched alkanes of at least 4 members (excludes halogenated alkanes) is 7. The van der Waals surface area contributed by atoms with Crippen molar-refractivity contribution in [1.29, 1.82) is 0 Å². The van der Waals surface area contributed by atoms with Crippen LogP contribution in [0.4, 0.5) is 0 Å². The number of rotatable bonds is 11. The second-order valence-corrected chi connectivity index (χ2v) is 6.24. The second-order valence-electron chi connectivity index (χ2n) is 6.24. The average molecular weight is 302 g/mol. The molecule has 0 aliphatic heterocycles. The molecule has 2 aromatic heterocycles. The fourth-order valence-electron chi connectivity index (χ4n) is 2.90. The van der Waals surface area contributed by atoms with Crippen LogP contribution in [0, 0.1) is 0 Å². The Bertz CT molecular complexity index is 478. The molecule has 0 bridgehead atoms. The SMILES string of the molecule is Cn1ccnc1CCCCCCCCCCc1nccn1C. The van der Waals surface area contributed by atoms with Crippen molar-refractivity contribution in [2.75, 3.05) is 0 Å². The van der Waals surface area contributed by atoms with Gasteiger partial charge in [0.15, 0.2) is 0 Å². The first-order valence-electron chi connectivity index (χ1n) is 8.70. The minimum absolute atomic E-state index is 1.12. The zero-order chi connectivity index (χ0) is 15.6. The van der Waals surface area contributed by atoms with Crippen LogP contribution in [0.25, 0.3) is 0 Å². The van der Waals surface area contributed by atoms with Gasteiger partial charge in [0.25, 0.3) is 0 Å². The number of hydrogen-bond donors (Lipinski definition) is 0. The lowest BCUT2D eigenvalue weighted by Crippen LogP contribution is -1.97. The maximum atomic E-state index is 4.37. The van der Waals surface area contributed by atoms with Crippen LogP contribution in [0.15, 0.2) is 24.8 Å². The second kappa shape index (κ2) is 9.44. The molecule has 0 aromatic carbocycles. The van der Waals surface area contributed by atoms with E-state index in [0.29, 0.717) is 0 Å². The number of aromatic nitrogens is 4. The summed E-state index contributed by atoms with van der Waals surface area (Å²) < 4.78 is 4.25. The Morgan fingerprint density at radius 3 is 1.32 bits per heavy atom. The normalized spacial score (nSPS) is 11.2. The summed E-state index contributed by atoms with van der Waals surface area (Å²) in [4.78, 5) is 8.73. The van der Waals surface area contributed by atoms with Gasteiger partial charge in [-0.3, -0.25) is 0 Å². The smallest absolute Gasteiger partial charge is 0.108 e. The molecule has 0 fully saturated rings. The molecule has 22 heavy (non-hydrogen) atoms. The average Bonchev–Trinajstić information content (AvgIpc) is 3.10. The highest BCUT2D eigenvalue weighted by molar-refractivity contribution is 4.91. The Morgan fingerprint density at radius 1 is 0.636 bits per heavy atom. The molecule has 0 saturated heterocycles. The van der Waals surface area contributed by atoms with Gasteiger partial charge in [0, 0.05) is 51.7 Å². The largest absolute Gasteiger partial charge is 0.338 e. The summed E-state index contributed by atoms with van der Waals surface area (Å²) in [6.45, 7) is 0. The van der Waals surface area contributed by atoms with Gasteiger partial charge < -0.3 is 9.13 Å². The van der Waals surface area contributed by atoms with Crippen molar-refractivity contribution in [3.8, 4) is 0 Å². The Kier molecular flexibility index (Phi) is 7.20. The van der Waals surface area contributed by atoms with E-state index in [1.54, 1.807) is 0 Å². The van der Waals surface area contributed by atoms with E-state index in [2.05, 4.69) is 33.2 Å². The molecule has 0 saturated carbocycles. The van der Waals surface area contributed by atoms with E-state index >= 15 is 0 Å². The van der Waals surface area contributed by atoms with Gasteiger partial charge in [-0.25, -0.2) is 9.97 Å². The lowest BCUT2D eigenvalue weighted by molar-refractivity contribution is 0.557. The number of aryl methyl sites for hydroxylation is 4. The third-order valence-corrected chi connectivity index (χ3v) is 4.39. The summed E-state index contributed by atoms with van der Waals surface area (Å²) >= 11 is 0. The van der Waals surface area contributed by atoms with Crippen molar-refractivity contribution in [3.05, 3.63) is 36.4 Å². The molecular formula is C18H30N4. The van der Waals surface area contributed by atoms with Gasteiger partial charge in [-0.15, -0.1) is 0 Å². The monoisotopic (exact) mass is 302 g/mol. The van der Waals surface area contributed by atoms with E-state index in [9.17, 15) is 0 Å². The van der Waals surface area contributed by atoms with Crippen LogP contribution in [0.2, 0.25) is 0 Å². The van der Waals surface area contributed by atoms with E-state index in [-0.39, 0.29) is 0 Å². The van der Waals surface area contributed by atoms with E-state index in [0.717, 1.165) is 12.8 Å². The zero-order valence-electron chi connectivity index (χ0n) is 14.2. The molecule has 0 amide bonds. The van der Waals surface area contributed by atoms with Crippen molar-refractivity contribution in [1.82, 2.24) is 19.1 Å². The predicted molar refractivity (Wildman–Crippen MR) is 90.8 cm³/mol. The van der Waals surface area contributed by atoms with E-state index in [1.165, 1.54) is 63.0 Å². The van der Waals surface area contributed by atoms with Crippen molar-refractivity contribution in [2.24, 2.45) is 14.1 Å². The summed E-state index contributed by atoms with van der Waals surface area (Å²) in [6.07, 6.45) is 20.8. The van der Waals surface area contributed by atoms with Crippen molar-refractivity contribution in [2.45, 2.75) is 64.2 Å². The number of hydrogen-bond acceptors (Lipinski definition) is 2.